The molecular formula is C13H17N3O4S. The number of nitrogens with zero attached hydrogens (tertiary/aromatic N) is 3. The van der Waals surface area contributed by atoms with E-state index in [1.165, 1.54) is 9.58 Å². The van der Waals surface area contributed by atoms with Crippen molar-refractivity contribution in [3.63, 3.8) is 0 Å². The first-order chi connectivity index (χ1) is 9.93. The molecule has 1 unspecified atom stereocenters. The van der Waals surface area contributed by atoms with E-state index in [1.54, 1.807) is 18.8 Å². The maximum Gasteiger partial charge on any atom is 0.303 e. The molecule has 0 aliphatic carbocycles. The van der Waals surface area contributed by atoms with Crippen LogP contribution in [0.3, 0.4) is 0 Å². The van der Waals surface area contributed by atoms with Gasteiger partial charge in [0.2, 0.25) is 0 Å². The van der Waals surface area contributed by atoms with Crippen LogP contribution in [-0.2, 0) is 22.6 Å². The topological polar surface area (TPSA) is 76.7 Å². The maximum atomic E-state index is 12.6. The predicted octanol–water partition coefficient (Wildman–Crippen LogP) is 1.03. The first kappa shape index (κ1) is 15.5. The second-order valence-corrected chi connectivity index (χ2v) is 5.24. The van der Waals surface area contributed by atoms with E-state index in [2.05, 4.69) is 4.18 Å². The Balaban J connectivity index is 2.46. The fourth-order valence-corrected chi connectivity index (χ4v) is 2.43. The van der Waals surface area contributed by atoms with Gasteiger partial charge in [0.1, 0.15) is 12.4 Å². The highest BCUT2D eigenvalue weighted by Crippen LogP contribution is 2.17. The van der Waals surface area contributed by atoms with Gasteiger partial charge in [0, 0.05) is 14.1 Å². The van der Waals surface area contributed by atoms with Crippen LogP contribution in [0, 0.1) is 6.92 Å². The molecule has 1 aromatic heterocycles. The van der Waals surface area contributed by atoms with Gasteiger partial charge in [-0.2, -0.15) is 4.21 Å². The molecule has 7 nitrogen and oxygen atoms in total. The maximum absolute atomic E-state index is 12.6. The number of aromatic nitrogens is 2. The molecule has 1 heterocycles. The minimum Gasteiger partial charge on any atom is -0.345 e. The predicted molar refractivity (Wildman–Crippen MR) is 80.9 cm³/mol. The van der Waals surface area contributed by atoms with Crippen LogP contribution < -0.4 is 10.5 Å². The van der Waals surface area contributed by atoms with E-state index in [0.29, 0.717) is 5.69 Å². The first-order valence-corrected chi connectivity index (χ1v) is 7.26. The zero-order valence-electron chi connectivity index (χ0n) is 12.0. The summed E-state index contributed by atoms with van der Waals surface area (Å²) in [6.45, 7) is 1.65. The molecule has 114 valence electrons. The number of rotatable bonds is 5. The SMILES string of the molecule is Cc1c(N(C)COS(=O)O)c(=O)n(-c2ccccc2)n1C. The number of anilines is 1. The lowest BCUT2D eigenvalue weighted by Gasteiger charge is -2.15. The summed E-state index contributed by atoms with van der Waals surface area (Å²) in [5, 5.41) is 0. The monoisotopic (exact) mass is 311 g/mol. The van der Waals surface area contributed by atoms with E-state index in [4.69, 9.17) is 4.55 Å². The molecule has 1 aromatic carbocycles. The lowest BCUT2D eigenvalue weighted by Crippen LogP contribution is -2.28. The van der Waals surface area contributed by atoms with Crippen LogP contribution in [0.25, 0.3) is 5.69 Å². The standard InChI is InChI=1S/C13H17N3O4S/c1-10-12(14(2)9-20-21(18)19)13(17)16(15(10)3)11-7-5-4-6-8-11/h4-8H,9H2,1-3H3,(H,18,19). The largest absolute Gasteiger partial charge is 0.345 e. The fraction of sp³-hybridized carbons (Fsp3) is 0.308. The van der Waals surface area contributed by atoms with Gasteiger partial charge in [-0.25, -0.2) is 8.86 Å². The zero-order valence-corrected chi connectivity index (χ0v) is 12.8. The molecule has 2 rings (SSSR count). The van der Waals surface area contributed by atoms with Crippen molar-refractivity contribution < 1.29 is 12.9 Å². The number of hydrogen-bond acceptors (Lipinski definition) is 4. The Kier molecular flexibility index (Phi) is 4.61. The van der Waals surface area contributed by atoms with E-state index in [0.717, 1.165) is 11.4 Å². The smallest absolute Gasteiger partial charge is 0.303 e. The van der Waals surface area contributed by atoms with E-state index >= 15 is 0 Å². The molecule has 0 fully saturated rings. The summed E-state index contributed by atoms with van der Waals surface area (Å²) in [5.74, 6) is 0. The van der Waals surface area contributed by atoms with E-state index in [9.17, 15) is 9.00 Å². The first-order valence-electron chi connectivity index (χ1n) is 6.22. The Labute approximate surface area is 124 Å². The van der Waals surface area contributed by atoms with Crippen molar-refractivity contribution in [3.8, 4) is 5.69 Å². The van der Waals surface area contributed by atoms with Gasteiger partial charge in [0.05, 0.1) is 11.4 Å². The van der Waals surface area contributed by atoms with E-state index < -0.39 is 11.4 Å². The van der Waals surface area contributed by atoms with E-state index in [-0.39, 0.29) is 12.3 Å². The van der Waals surface area contributed by atoms with Crippen LogP contribution in [-0.4, -0.2) is 31.9 Å². The molecule has 0 aliphatic heterocycles. The Morgan fingerprint density at radius 1 is 1.33 bits per heavy atom. The van der Waals surface area contributed by atoms with Gasteiger partial charge in [0.15, 0.2) is 0 Å². The minimum atomic E-state index is -2.36. The van der Waals surface area contributed by atoms with Crippen LogP contribution >= 0.6 is 0 Å². The van der Waals surface area contributed by atoms with Gasteiger partial charge in [0.25, 0.3) is 5.56 Å². The van der Waals surface area contributed by atoms with Crippen LogP contribution in [0.1, 0.15) is 5.69 Å². The molecule has 0 saturated heterocycles. The molecule has 1 N–H and O–H groups in total. The Morgan fingerprint density at radius 2 is 1.95 bits per heavy atom. The quantitative estimate of drug-likeness (QED) is 0.659. The number of benzene rings is 1. The molecule has 0 radical (unpaired) electrons. The summed E-state index contributed by atoms with van der Waals surface area (Å²) < 4.78 is 27.1. The molecule has 0 saturated carbocycles. The van der Waals surface area contributed by atoms with Gasteiger partial charge < -0.3 is 4.90 Å². The highest BCUT2D eigenvalue weighted by molar-refractivity contribution is 7.74. The van der Waals surface area contributed by atoms with Crippen LogP contribution in [0.15, 0.2) is 35.1 Å². The summed E-state index contributed by atoms with van der Waals surface area (Å²) in [5.41, 5.74) is 1.70. The van der Waals surface area contributed by atoms with Crippen LogP contribution in [0.4, 0.5) is 5.69 Å². The molecule has 2 aromatic rings. The molecule has 0 spiro atoms. The second kappa shape index (κ2) is 6.25. The molecule has 1 atom stereocenters. The average Bonchev–Trinajstić information content (AvgIpc) is 2.68. The third-order valence-electron chi connectivity index (χ3n) is 3.25. The van der Waals surface area contributed by atoms with Crippen molar-refractivity contribution in [2.24, 2.45) is 7.05 Å². The van der Waals surface area contributed by atoms with Crippen molar-refractivity contribution in [3.05, 3.63) is 46.4 Å². The summed E-state index contributed by atoms with van der Waals surface area (Å²) in [6.07, 6.45) is 0. The third kappa shape index (κ3) is 3.07. The number of para-hydroxylation sites is 1. The molecular weight excluding hydrogens is 294 g/mol. The van der Waals surface area contributed by atoms with Gasteiger partial charge in [-0.3, -0.25) is 14.0 Å². The van der Waals surface area contributed by atoms with Gasteiger partial charge in [-0.15, -0.1) is 0 Å². The summed E-state index contributed by atoms with van der Waals surface area (Å²) in [6, 6.07) is 9.26. The summed E-state index contributed by atoms with van der Waals surface area (Å²) in [7, 11) is 3.41. The second-order valence-electron chi connectivity index (χ2n) is 4.57. The van der Waals surface area contributed by atoms with Crippen molar-refractivity contribution >= 4 is 17.0 Å². The van der Waals surface area contributed by atoms with E-state index in [1.807, 2.05) is 37.3 Å². The fourth-order valence-electron chi connectivity index (χ4n) is 2.18. The van der Waals surface area contributed by atoms with Crippen LogP contribution in [0.2, 0.25) is 0 Å². The molecule has 0 bridgehead atoms. The molecule has 8 heteroatoms. The molecule has 21 heavy (non-hydrogen) atoms. The highest BCUT2D eigenvalue weighted by atomic mass is 32.2. The highest BCUT2D eigenvalue weighted by Gasteiger charge is 2.19. The summed E-state index contributed by atoms with van der Waals surface area (Å²) >= 11 is -2.36. The third-order valence-corrected chi connectivity index (χ3v) is 3.56. The molecule has 0 amide bonds. The number of hydrogen-bond donors (Lipinski definition) is 1. The minimum absolute atomic E-state index is 0.155. The van der Waals surface area contributed by atoms with Crippen molar-refractivity contribution in [2.45, 2.75) is 6.92 Å². The normalized spacial score (nSPS) is 12.4. The Morgan fingerprint density at radius 3 is 2.52 bits per heavy atom. The summed E-state index contributed by atoms with van der Waals surface area (Å²) in [4.78, 5) is 14.1. The van der Waals surface area contributed by atoms with Crippen molar-refractivity contribution in [1.82, 2.24) is 9.36 Å². The van der Waals surface area contributed by atoms with Crippen LogP contribution in [0.5, 0.6) is 0 Å². The zero-order chi connectivity index (χ0) is 15.6. The molecule has 0 aliphatic rings. The Bertz CT molecular complexity index is 708. The van der Waals surface area contributed by atoms with Crippen molar-refractivity contribution in [1.29, 1.82) is 0 Å². The average molecular weight is 311 g/mol. The lowest BCUT2D eigenvalue weighted by atomic mass is 10.3. The lowest BCUT2D eigenvalue weighted by molar-refractivity contribution is 0.309. The van der Waals surface area contributed by atoms with Crippen molar-refractivity contribution in [2.75, 3.05) is 18.7 Å². The van der Waals surface area contributed by atoms with Gasteiger partial charge >= 0.3 is 11.4 Å². The van der Waals surface area contributed by atoms with Gasteiger partial charge in [-0.1, -0.05) is 18.2 Å². The van der Waals surface area contributed by atoms with Gasteiger partial charge in [-0.05, 0) is 19.1 Å². The Hall–Kier alpha value is -1.90.